The minimum atomic E-state index is -0.609. The molecule has 1 amide bonds. The van der Waals surface area contributed by atoms with Crippen LogP contribution in [0.3, 0.4) is 0 Å². The number of carbonyl (C=O) groups excluding carboxylic acids is 2. The molecule has 1 aromatic rings. The third kappa shape index (κ3) is 4.44. The van der Waals surface area contributed by atoms with Gasteiger partial charge in [-0.1, -0.05) is 19.8 Å². The highest BCUT2D eigenvalue weighted by atomic mass is 16.5. The zero-order valence-electron chi connectivity index (χ0n) is 12.1. The molecule has 1 saturated carbocycles. The molecule has 6 nitrogen and oxygen atoms in total. The maximum atomic E-state index is 11.8. The monoisotopic (exact) mass is 292 g/mol. The van der Waals surface area contributed by atoms with E-state index < -0.39 is 5.97 Å². The van der Waals surface area contributed by atoms with Crippen LogP contribution >= 0.6 is 0 Å². The van der Waals surface area contributed by atoms with Gasteiger partial charge in [0, 0.05) is 18.2 Å². The summed E-state index contributed by atoms with van der Waals surface area (Å²) in [6, 6.07) is 2.88. The number of amides is 1. The number of hydrogen-bond acceptors (Lipinski definition) is 4. The van der Waals surface area contributed by atoms with Crippen molar-refractivity contribution < 1.29 is 19.1 Å². The number of aromatic nitrogens is 1. The van der Waals surface area contributed by atoms with Gasteiger partial charge in [-0.2, -0.15) is 4.73 Å². The minimum absolute atomic E-state index is 0.168. The predicted molar refractivity (Wildman–Crippen MR) is 75.2 cm³/mol. The van der Waals surface area contributed by atoms with Crippen LogP contribution in [0.15, 0.2) is 24.5 Å². The van der Waals surface area contributed by atoms with Gasteiger partial charge in [-0.3, -0.25) is 4.79 Å². The molecule has 6 heteroatoms. The lowest BCUT2D eigenvalue weighted by atomic mass is 9.86. The number of pyridine rings is 1. The van der Waals surface area contributed by atoms with Crippen molar-refractivity contribution in [3.8, 4) is 0 Å². The summed E-state index contributed by atoms with van der Waals surface area (Å²) in [5.41, 5.74) is 0.251. The quantitative estimate of drug-likeness (QED) is 0.513. The lowest BCUT2D eigenvalue weighted by Gasteiger charge is -2.29. The molecule has 1 heterocycles. The molecule has 1 N–H and O–H groups in total. The maximum Gasteiger partial charge on any atom is 0.339 e. The van der Waals surface area contributed by atoms with Gasteiger partial charge in [0.05, 0.1) is 5.56 Å². The standard InChI is InChI=1S/C15H20N2O4/c1-11-4-2-3-5-13(11)16-14(18)10-21-15(19)12-6-8-17(20)9-7-12/h6-9,11,13H,2-5,10H2,1H3,(H,16,18)/t11-,13-/m1/s1. The summed E-state index contributed by atoms with van der Waals surface area (Å²) in [7, 11) is 0. The van der Waals surface area contributed by atoms with Crippen molar-refractivity contribution in [2.24, 2.45) is 5.92 Å². The van der Waals surface area contributed by atoms with Crippen molar-refractivity contribution in [1.29, 1.82) is 0 Å². The van der Waals surface area contributed by atoms with Crippen LogP contribution < -0.4 is 10.0 Å². The first-order chi connectivity index (χ1) is 10.1. The summed E-state index contributed by atoms with van der Waals surface area (Å²) in [6.45, 7) is 1.83. The Balaban J connectivity index is 1.78. The summed E-state index contributed by atoms with van der Waals surface area (Å²) in [6.07, 6.45) is 6.83. The van der Waals surface area contributed by atoms with Crippen LogP contribution in [0.1, 0.15) is 43.0 Å². The summed E-state index contributed by atoms with van der Waals surface area (Å²) < 4.78 is 5.52. The SMILES string of the molecule is C[C@@H]1CCCC[C@H]1NC(=O)COC(=O)c1cc[n+]([O-])cc1. The first-order valence-electron chi connectivity index (χ1n) is 7.21. The number of rotatable bonds is 4. The van der Waals surface area contributed by atoms with Crippen LogP contribution in [-0.4, -0.2) is 24.5 Å². The highest BCUT2D eigenvalue weighted by Crippen LogP contribution is 2.23. The molecular weight excluding hydrogens is 272 g/mol. The van der Waals surface area contributed by atoms with Crippen molar-refractivity contribution in [2.75, 3.05) is 6.61 Å². The number of carbonyl (C=O) groups is 2. The van der Waals surface area contributed by atoms with E-state index in [1.807, 2.05) is 0 Å². The van der Waals surface area contributed by atoms with E-state index >= 15 is 0 Å². The van der Waals surface area contributed by atoms with Crippen molar-refractivity contribution >= 4 is 11.9 Å². The zero-order valence-corrected chi connectivity index (χ0v) is 12.1. The fourth-order valence-electron chi connectivity index (χ4n) is 2.54. The first-order valence-corrected chi connectivity index (χ1v) is 7.21. The van der Waals surface area contributed by atoms with Crippen molar-refractivity contribution in [2.45, 2.75) is 38.6 Å². The summed E-state index contributed by atoms with van der Waals surface area (Å²) in [4.78, 5) is 23.5. The van der Waals surface area contributed by atoms with Crippen molar-refractivity contribution in [3.05, 3.63) is 35.3 Å². The normalized spacial score (nSPS) is 21.6. The van der Waals surface area contributed by atoms with E-state index in [9.17, 15) is 14.8 Å². The summed E-state index contributed by atoms with van der Waals surface area (Å²) in [5, 5.41) is 13.8. The number of nitrogens with zero attached hydrogens (tertiary/aromatic N) is 1. The predicted octanol–water partition coefficient (Wildman–Crippen LogP) is 1.17. The molecule has 1 aromatic heterocycles. The van der Waals surface area contributed by atoms with E-state index in [1.165, 1.54) is 30.9 Å². The molecule has 0 aromatic carbocycles. The number of esters is 1. The van der Waals surface area contributed by atoms with Gasteiger partial charge in [-0.15, -0.1) is 0 Å². The highest BCUT2D eigenvalue weighted by molar-refractivity contribution is 5.91. The second-order valence-corrected chi connectivity index (χ2v) is 5.46. The molecule has 0 bridgehead atoms. The molecular formula is C15H20N2O4. The zero-order chi connectivity index (χ0) is 15.2. The third-order valence-corrected chi connectivity index (χ3v) is 3.83. The Hall–Kier alpha value is -2.11. The molecule has 0 saturated heterocycles. The summed E-state index contributed by atoms with van der Waals surface area (Å²) in [5.74, 6) is -0.431. The fraction of sp³-hybridized carbons (Fsp3) is 0.533. The first kappa shape index (κ1) is 15.3. The lowest BCUT2D eigenvalue weighted by molar-refractivity contribution is -0.605. The van der Waals surface area contributed by atoms with Crippen LogP contribution in [0.5, 0.6) is 0 Å². The molecule has 0 unspecified atom stereocenters. The molecule has 21 heavy (non-hydrogen) atoms. The highest BCUT2D eigenvalue weighted by Gasteiger charge is 2.23. The van der Waals surface area contributed by atoms with Gasteiger partial charge >= 0.3 is 5.97 Å². The third-order valence-electron chi connectivity index (χ3n) is 3.83. The second kappa shape index (κ2) is 7.06. The molecule has 1 aliphatic carbocycles. The molecule has 0 spiro atoms. The molecule has 2 atom stereocenters. The summed E-state index contributed by atoms with van der Waals surface area (Å²) >= 11 is 0. The van der Waals surface area contributed by atoms with Gasteiger partial charge < -0.3 is 15.3 Å². The lowest BCUT2D eigenvalue weighted by Crippen LogP contribution is -2.42. The molecule has 0 radical (unpaired) electrons. The Kier molecular flexibility index (Phi) is 5.14. The van der Waals surface area contributed by atoms with Crippen LogP contribution in [0.2, 0.25) is 0 Å². The van der Waals surface area contributed by atoms with Crippen molar-refractivity contribution in [3.63, 3.8) is 0 Å². The molecule has 114 valence electrons. The Bertz CT molecular complexity index is 501. The average Bonchev–Trinajstić information content (AvgIpc) is 2.48. The second-order valence-electron chi connectivity index (χ2n) is 5.46. The Morgan fingerprint density at radius 3 is 2.67 bits per heavy atom. The smallest absolute Gasteiger partial charge is 0.339 e. The van der Waals surface area contributed by atoms with E-state index in [2.05, 4.69) is 12.2 Å². The molecule has 0 aliphatic heterocycles. The van der Waals surface area contributed by atoms with Crippen LogP contribution in [0, 0.1) is 11.1 Å². The van der Waals surface area contributed by atoms with Gasteiger partial charge in [0.2, 0.25) is 0 Å². The Labute approximate surface area is 123 Å². The van der Waals surface area contributed by atoms with Crippen molar-refractivity contribution in [1.82, 2.24) is 5.32 Å². The van der Waals surface area contributed by atoms with E-state index in [-0.39, 0.29) is 24.1 Å². The average molecular weight is 292 g/mol. The van der Waals surface area contributed by atoms with E-state index in [4.69, 9.17) is 4.74 Å². The van der Waals surface area contributed by atoms with E-state index in [1.54, 1.807) is 0 Å². The van der Waals surface area contributed by atoms with E-state index in [0.29, 0.717) is 10.6 Å². The van der Waals surface area contributed by atoms with Crippen LogP contribution in [0.25, 0.3) is 0 Å². The van der Waals surface area contributed by atoms with Gasteiger partial charge in [0.25, 0.3) is 5.91 Å². The largest absolute Gasteiger partial charge is 0.619 e. The number of nitrogens with one attached hydrogen (secondary N) is 1. The minimum Gasteiger partial charge on any atom is -0.619 e. The molecule has 1 aliphatic rings. The Morgan fingerprint density at radius 2 is 2.00 bits per heavy atom. The van der Waals surface area contributed by atoms with E-state index in [0.717, 1.165) is 19.3 Å². The van der Waals surface area contributed by atoms with Gasteiger partial charge in [0.1, 0.15) is 0 Å². The van der Waals surface area contributed by atoms with Crippen LogP contribution in [0.4, 0.5) is 0 Å². The fourth-order valence-corrected chi connectivity index (χ4v) is 2.54. The molecule has 1 fully saturated rings. The van der Waals surface area contributed by atoms with Gasteiger partial charge in [-0.05, 0) is 18.8 Å². The number of hydrogen-bond donors (Lipinski definition) is 1. The number of ether oxygens (including phenoxy) is 1. The Morgan fingerprint density at radius 1 is 1.33 bits per heavy atom. The van der Waals surface area contributed by atoms with Gasteiger partial charge in [-0.25, -0.2) is 4.79 Å². The van der Waals surface area contributed by atoms with Crippen LogP contribution in [-0.2, 0) is 9.53 Å². The topological polar surface area (TPSA) is 82.3 Å². The molecule has 2 rings (SSSR count). The van der Waals surface area contributed by atoms with Gasteiger partial charge in [0.15, 0.2) is 19.0 Å². The maximum absolute atomic E-state index is 11.8.